The predicted molar refractivity (Wildman–Crippen MR) is 73.0 cm³/mol. The van der Waals surface area contributed by atoms with Crippen LogP contribution < -0.4 is 5.32 Å². The summed E-state index contributed by atoms with van der Waals surface area (Å²) in [7, 11) is 0. The topological polar surface area (TPSA) is 24.9 Å². The van der Waals surface area contributed by atoms with E-state index in [0.717, 1.165) is 5.52 Å². The van der Waals surface area contributed by atoms with Crippen molar-refractivity contribution in [1.82, 2.24) is 10.3 Å². The first-order valence-electron chi connectivity index (χ1n) is 6.09. The van der Waals surface area contributed by atoms with Crippen LogP contribution in [0.3, 0.4) is 0 Å². The number of rotatable bonds is 2. The van der Waals surface area contributed by atoms with Gasteiger partial charge in [0.25, 0.3) is 0 Å². The molecule has 0 aliphatic rings. The molecule has 0 radical (unpaired) electrons. The van der Waals surface area contributed by atoms with Crippen molar-refractivity contribution in [2.24, 2.45) is 0 Å². The Balaban J connectivity index is 2.41. The maximum Gasteiger partial charge on any atom is 0.0705 e. The summed E-state index contributed by atoms with van der Waals surface area (Å²) in [6, 6.07) is 10.7. The van der Waals surface area contributed by atoms with Crippen molar-refractivity contribution in [3.8, 4) is 0 Å². The molecule has 17 heavy (non-hydrogen) atoms. The zero-order valence-corrected chi connectivity index (χ0v) is 11.0. The van der Waals surface area contributed by atoms with Gasteiger partial charge in [-0.3, -0.25) is 4.98 Å². The van der Waals surface area contributed by atoms with Crippen LogP contribution in [0.2, 0.25) is 0 Å². The molecule has 0 amide bonds. The van der Waals surface area contributed by atoms with E-state index in [4.69, 9.17) is 0 Å². The Labute approximate surface area is 103 Å². The second-order valence-electron chi connectivity index (χ2n) is 5.53. The van der Waals surface area contributed by atoms with Crippen molar-refractivity contribution in [3.05, 3.63) is 42.1 Å². The Morgan fingerprint density at radius 3 is 2.53 bits per heavy atom. The maximum absolute atomic E-state index is 4.39. The molecule has 0 bridgehead atoms. The number of nitrogens with one attached hydrogen (secondary N) is 1. The van der Waals surface area contributed by atoms with Gasteiger partial charge in [0.05, 0.1) is 5.52 Å². The highest BCUT2D eigenvalue weighted by atomic mass is 15.0. The van der Waals surface area contributed by atoms with Gasteiger partial charge in [0.15, 0.2) is 0 Å². The summed E-state index contributed by atoms with van der Waals surface area (Å²) in [5, 5.41) is 4.84. The molecule has 1 N–H and O–H groups in total. The van der Waals surface area contributed by atoms with Gasteiger partial charge in [-0.25, -0.2) is 0 Å². The normalized spacial score (nSPS) is 13.9. The molecule has 2 rings (SSSR count). The van der Waals surface area contributed by atoms with Crippen LogP contribution in [-0.4, -0.2) is 10.5 Å². The van der Waals surface area contributed by atoms with Gasteiger partial charge in [-0.1, -0.05) is 18.2 Å². The van der Waals surface area contributed by atoms with E-state index in [-0.39, 0.29) is 5.54 Å². The van der Waals surface area contributed by atoms with Crippen molar-refractivity contribution in [3.63, 3.8) is 0 Å². The van der Waals surface area contributed by atoms with Crippen LogP contribution in [-0.2, 0) is 0 Å². The minimum atomic E-state index is 0.115. The third kappa shape index (κ3) is 2.83. The lowest BCUT2D eigenvalue weighted by molar-refractivity contribution is 0.379. The fourth-order valence-corrected chi connectivity index (χ4v) is 2.22. The lowest BCUT2D eigenvalue weighted by Gasteiger charge is -2.27. The average molecular weight is 228 g/mol. The Morgan fingerprint density at radius 1 is 1.12 bits per heavy atom. The number of para-hydroxylation sites is 1. The first kappa shape index (κ1) is 12.1. The summed E-state index contributed by atoms with van der Waals surface area (Å²) >= 11 is 0. The molecule has 0 fully saturated rings. The summed E-state index contributed by atoms with van der Waals surface area (Å²) in [6.45, 7) is 8.76. The van der Waals surface area contributed by atoms with E-state index in [1.807, 2.05) is 12.3 Å². The standard InChI is InChI=1S/C15H20N2/c1-11(17-15(2,3)4)12-9-10-16-14-8-6-5-7-13(12)14/h5-11,17H,1-4H3/t11-/m1/s1. The number of pyridine rings is 1. The lowest BCUT2D eigenvalue weighted by atomic mass is 10.00. The third-order valence-electron chi connectivity index (χ3n) is 2.80. The molecule has 0 saturated carbocycles. The van der Waals surface area contributed by atoms with Gasteiger partial charge >= 0.3 is 0 Å². The van der Waals surface area contributed by atoms with Crippen molar-refractivity contribution in [2.75, 3.05) is 0 Å². The SMILES string of the molecule is C[C@@H](NC(C)(C)C)c1ccnc2ccccc12. The monoisotopic (exact) mass is 228 g/mol. The van der Waals surface area contributed by atoms with E-state index in [0.29, 0.717) is 6.04 Å². The van der Waals surface area contributed by atoms with Gasteiger partial charge < -0.3 is 5.32 Å². The molecule has 1 heterocycles. The van der Waals surface area contributed by atoms with Gasteiger partial charge in [0.2, 0.25) is 0 Å². The smallest absolute Gasteiger partial charge is 0.0705 e. The maximum atomic E-state index is 4.39. The van der Waals surface area contributed by atoms with Gasteiger partial charge in [-0.15, -0.1) is 0 Å². The van der Waals surface area contributed by atoms with Crippen molar-refractivity contribution >= 4 is 10.9 Å². The van der Waals surface area contributed by atoms with Crippen molar-refractivity contribution < 1.29 is 0 Å². The average Bonchev–Trinajstić information content (AvgIpc) is 2.26. The molecule has 0 aliphatic heterocycles. The summed E-state index contributed by atoms with van der Waals surface area (Å²) < 4.78 is 0. The number of aromatic nitrogens is 1. The summed E-state index contributed by atoms with van der Waals surface area (Å²) in [5.41, 5.74) is 2.49. The van der Waals surface area contributed by atoms with Crippen LogP contribution in [0.1, 0.15) is 39.3 Å². The molecule has 1 aromatic carbocycles. The summed E-state index contributed by atoms with van der Waals surface area (Å²) in [5.74, 6) is 0. The molecular weight excluding hydrogens is 208 g/mol. The molecule has 2 aromatic rings. The first-order valence-corrected chi connectivity index (χ1v) is 6.09. The van der Waals surface area contributed by atoms with Crippen LogP contribution in [0.25, 0.3) is 10.9 Å². The minimum Gasteiger partial charge on any atom is -0.306 e. The summed E-state index contributed by atoms with van der Waals surface area (Å²) in [4.78, 5) is 4.39. The summed E-state index contributed by atoms with van der Waals surface area (Å²) in [6.07, 6.45) is 1.89. The Hall–Kier alpha value is -1.41. The second kappa shape index (κ2) is 4.46. The first-order chi connectivity index (χ1) is 7.97. The largest absolute Gasteiger partial charge is 0.306 e. The highest BCUT2D eigenvalue weighted by molar-refractivity contribution is 5.82. The zero-order valence-electron chi connectivity index (χ0n) is 11.0. The minimum absolute atomic E-state index is 0.115. The van der Waals surface area contributed by atoms with Crippen LogP contribution >= 0.6 is 0 Å². The molecule has 90 valence electrons. The number of nitrogens with zero attached hydrogens (tertiary/aromatic N) is 1. The van der Waals surface area contributed by atoms with Gasteiger partial charge in [-0.05, 0) is 45.4 Å². The molecule has 2 nitrogen and oxygen atoms in total. The Bertz CT molecular complexity index is 506. The Kier molecular flexibility index (Phi) is 3.16. The van der Waals surface area contributed by atoms with E-state index >= 15 is 0 Å². The quantitative estimate of drug-likeness (QED) is 0.848. The van der Waals surface area contributed by atoms with Crippen LogP contribution in [0, 0.1) is 0 Å². The van der Waals surface area contributed by atoms with Crippen LogP contribution in [0.5, 0.6) is 0 Å². The molecule has 1 aromatic heterocycles. The van der Waals surface area contributed by atoms with Gasteiger partial charge in [0.1, 0.15) is 0 Å². The molecule has 2 heteroatoms. The Morgan fingerprint density at radius 2 is 1.82 bits per heavy atom. The molecule has 1 atom stereocenters. The van der Waals surface area contributed by atoms with E-state index < -0.39 is 0 Å². The number of hydrogen-bond donors (Lipinski definition) is 1. The predicted octanol–water partition coefficient (Wildman–Crippen LogP) is 3.68. The van der Waals surface area contributed by atoms with Crippen molar-refractivity contribution in [2.45, 2.75) is 39.3 Å². The zero-order chi connectivity index (χ0) is 12.5. The second-order valence-corrected chi connectivity index (χ2v) is 5.53. The number of fused-ring (bicyclic) bond motifs is 1. The van der Waals surface area contributed by atoms with Gasteiger partial charge in [-0.2, -0.15) is 0 Å². The molecule has 0 unspecified atom stereocenters. The third-order valence-corrected chi connectivity index (χ3v) is 2.80. The fourth-order valence-electron chi connectivity index (χ4n) is 2.22. The van der Waals surface area contributed by atoms with Gasteiger partial charge in [0, 0.05) is 23.2 Å². The lowest BCUT2D eigenvalue weighted by Crippen LogP contribution is -2.37. The van der Waals surface area contributed by atoms with E-state index in [1.54, 1.807) is 0 Å². The van der Waals surface area contributed by atoms with E-state index in [9.17, 15) is 0 Å². The highest BCUT2D eigenvalue weighted by Gasteiger charge is 2.16. The number of benzene rings is 1. The van der Waals surface area contributed by atoms with Crippen LogP contribution in [0.15, 0.2) is 36.5 Å². The van der Waals surface area contributed by atoms with E-state index in [2.05, 4.69) is 62.3 Å². The fraction of sp³-hybridized carbons (Fsp3) is 0.400. The molecule has 0 aliphatic carbocycles. The van der Waals surface area contributed by atoms with Crippen LogP contribution in [0.4, 0.5) is 0 Å². The number of hydrogen-bond acceptors (Lipinski definition) is 2. The van der Waals surface area contributed by atoms with Crippen molar-refractivity contribution in [1.29, 1.82) is 0 Å². The molecule has 0 saturated heterocycles. The highest BCUT2D eigenvalue weighted by Crippen LogP contribution is 2.23. The van der Waals surface area contributed by atoms with E-state index in [1.165, 1.54) is 10.9 Å². The molecular formula is C15H20N2. The molecule has 0 spiro atoms.